The number of carbonyl (C=O) groups excluding carboxylic acids is 1. The lowest BCUT2D eigenvalue weighted by molar-refractivity contribution is -0.172. The Balaban J connectivity index is 1.64. The summed E-state index contributed by atoms with van der Waals surface area (Å²) in [6.45, 7) is 3.76. The number of esters is 1. The minimum Gasteiger partial charge on any atom is -0.458 e. The van der Waals surface area contributed by atoms with Crippen molar-refractivity contribution in [3.8, 4) is 11.4 Å². The van der Waals surface area contributed by atoms with Crippen LogP contribution in [-0.2, 0) is 34.7 Å². The molecule has 164 valence electrons. The molecule has 4 aliphatic rings. The maximum atomic E-state index is 14.6. The molecule has 0 saturated heterocycles. The Morgan fingerprint density at radius 1 is 1.28 bits per heavy atom. The molecule has 0 bridgehead atoms. The van der Waals surface area contributed by atoms with E-state index in [2.05, 4.69) is 0 Å². The van der Waals surface area contributed by atoms with E-state index in [0.29, 0.717) is 29.1 Å². The van der Waals surface area contributed by atoms with Crippen LogP contribution < -0.4 is 5.56 Å². The van der Waals surface area contributed by atoms with E-state index in [9.17, 15) is 19.1 Å². The topological polar surface area (TPSA) is 81.4 Å². The van der Waals surface area contributed by atoms with Crippen molar-refractivity contribution < 1.29 is 19.0 Å². The second-order valence-corrected chi connectivity index (χ2v) is 9.06. The third-order valence-electron chi connectivity index (χ3n) is 7.51. The first-order valence-corrected chi connectivity index (χ1v) is 11.1. The van der Waals surface area contributed by atoms with Crippen LogP contribution in [0.5, 0.6) is 0 Å². The SMILES string of the molecule is CC[C@@]1(O)C(=O)OCc2c1cc1n(c2=O)Cc2c-1nc1c3c2CCCC3=C(C)[C@H](F)C=C1. The van der Waals surface area contributed by atoms with E-state index >= 15 is 0 Å². The van der Waals surface area contributed by atoms with Crippen molar-refractivity contribution in [2.45, 2.75) is 64.5 Å². The van der Waals surface area contributed by atoms with E-state index in [4.69, 9.17) is 9.72 Å². The molecule has 0 unspecified atom stereocenters. The number of carbonyl (C=O) groups is 1. The predicted octanol–water partition coefficient (Wildman–Crippen LogP) is 3.40. The van der Waals surface area contributed by atoms with Gasteiger partial charge in [-0.15, -0.1) is 0 Å². The standard InChI is InChI=1S/C25H23FN2O4/c1-3-25(31)17-9-20-22-15(10-28(20)23(29)16(17)11-32-24(25)30)14-6-4-5-13-12(2)18(26)7-8-19(27-22)21(13)14/h7-9,18,31H,3-6,10-11H2,1-2H3/t18-,25+/m1/s1. The van der Waals surface area contributed by atoms with Gasteiger partial charge in [-0.25, -0.2) is 14.2 Å². The molecule has 2 aliphatic carbocycles. The predicted molar refractivity (Wildman–Crippen MR) is 116 cm³/mol. The maximum absolute atomic E-state index is 14.6. The monoisotopic (exact) mass is 434 g/mol. The molecular formula is C25H23FN2O4. The van der Waals surface area contributed by atoms with Crippen LogP contribution in [0.4, 0.5) is 4.39 Å². The largest absolute Gasteiger partial charge is 0.458 e. The van der Waals surface area contributed by atoms with Gasteiger partial charge in [-0.1, -0.05) is 6.92 Å². The lowest BCUT2D eigenvalue weighted by Crippen LogP contribution is -2.44. The van der Waals surface area contributed by atoms with Crippen molar-refractivity contribution in [1.29, 1.82) is 0 Å². The van der Waals surface area contributed by atoms with Gasteiger partial charge in [0.1, 0.15) is 12.8 Å². The fraction of sp³-hybridized carbons (Fsp3) is 0.400. The van der Waals surface area contributed by atoms with Crippen LogP contribution in [0.25, 0.3) is 23.0 Å². The summed E-state index contributed by atoms with van der Waals surface area (Å²) in [6, 6.07) is 1.72. The molecule has 7 heteroatoms. The number of aromatic nitrogens is 2. The van der Waals surface area contributed by atoms with Crippen molar-refractivity contribution >= 4 is 17.6 Å². The summed E-state index contributed by atoms with van der Waals surface area (Å²) in [7, 11) is 0. The number of halogens is 1. The molecule has 0 spiro atoms. The summed E-state index contributed by atoms with van der Waals surface area (Å²) in [5.41, 5.74) is 5.37. The van der Waals surface area contributed by atoms with Gasteiger partial charge in [-0.2, -0.15) is 0 Å². The second-order valence-electron chi connectivity index (χ2n) is 9.06. The van der Waals surface area contributed by atoms with Gasteiger partial charge in [0, 0.05) is 16.7 Å². The van der Waals surface area contributed by atoms with Crippen LogP contribution in [0.2, 0.25) is 0 Å². The van der Waals surface area contributed by atoms with E-state index in [1.165, 1.54) is 6.08 Å². The highest BCUT2D eigenvalue weighted by molar-refractivity contribution is 5.86. The third-order valence-corrected chi connectivity index (χ3v) is 7.51. The molecule has 2 aromatic heterocycles. The molecule has 2 aliphatic heterocycles. The minimum atomic E-state index is -1.85. The van der Waals surface area contributed by atoms with Gasteiger partial charge in [-0.3, -0.25) is 4.79 Å². The van der Waals surface area contributed by atoms with E-state index in [0.717, 1.165) is 52.8 Å². The molecule has 0 fully saturated rings. The fourth-order valence-electron chi connectivity index (χ4n) is 5.67. The summed E-state index contributed by atoms with van der Waals surface area (Å²) in [6.07, 6.45) is 4.83. The fourth-order valence-corrected chi connectivity index (χ4v) is 5.67. The number of ether oxygens (including phenoxy) is 1. The molecule has 0 radical (unpaired) electrons. The van der Waals surface area contributed by atoms with E-state index in [1.807, 2.05) is 6.92 Å². The first-order chi connectivity index (χ1) is 15.3. The Hall–Kier alpha value is -3.06. The normalized spacial score (nSPS) is 25.0. The Morgan fingerprint density at radius 2 is 2.09 bits per heavy atom. The van der Waals surface area contributed by atoms with E-state index in [-0.39, 0.29) is 18.6 Å². The Kier molecular flexibility index (Phi) is 3.97. The number of rotatable bonds is 1. The summed E-state index contributed by atoms with van der Waals surface area (Å²) < 4.78 is 21.4. The van der Waals surface area contributed by atoms with Crippen molar-refractivity contribution in [2.24, 2.45) is 0 Å². The highest BCUT2D eigenvalue weighted by Gasteiger charge is 2.45. The van der Waals surface area contributed by atoms with Crippen molar-refractivity contribution in [3.63, 3.8) is 0 Å². The van der Waals surface area contributed by atoms with Gasteiger partial charge in [0.15, 0.2) is 5.60 Å². The number of allylic oxidation sites excluding steroid dienone is 3. The zero-order valence-electron chi connectivity index (χ0n) is 18.0. The molecule has 0 aromatic carbocycles. The molecular weight excluding hydrogens is 411 g/mol. The molecule has 2 atom stereocenters. The van der Waals surface area contributed by atoms with Gasteiger partial charge < -0.3 is 14.4 Å². The number of nitrogens with zero attached hydrogens (tertiary/aromatic N) is 2. The average molecular weight is 434 g/mol. The van der Waals surface area contributed by atoms with Gasteiger partial charge in [0.25, 0.3) is 5.56 Å². The van der Waals surface area contributed by atoms with Crippen LogP contribution in [-0.4, -0.2) is 26.8 Å². The number of fused-ring (bicyclic) bond motifs is 5. The highest BCUT2D eigenvalue weighted by Crippen LogP contribution is 2.45. The molecule has 6 nitrogen and oxygen atoms in total. The highest BCUT2D eigenvalue weighted by atomic mass is 19.1. The van der Waals surface area contributed by atoms with Crippen molar-refractivity contribution in [1.82, 2.24) is 9.55 Å². The van der Waals surface area contributed by atoms with Crippen LogP contribution in [0, 0.1) is 0 Å². The molecule has 2 aromatic rings. The minimum absolute atomic E-state index is 0.103. The summed E-state index contributed by atoms with van der Waals surface area (Å²) >= 11 is 0. The lowest BCUT2D eigenvalue weighted by atomic mass is 9.81. The Bertz CT molecular complexity index is 1350. The number of alkyl halides is 1. The summed E-state index contributed by atoms with van der Waals surface area (Å²) in [5, 5.41) is 11.0. The van der Waals surface area contributed by atoms with Crippen molar-refractivity contribution in [3.05, 3.63) is 61.6 Å². The van der Waals surface area contributed by atoms with E-state index in [1.54, 1.807) is 23.6 Å². The smallest absolute Gasteiger partial charge is 0.343 e. The molecule has 1 N–H and O–H groups in total. The number of aliphatic hydroxyl groups is 1. The van der Waals surface area contributed by atoms with Crippen LogP contribution in [0.15, 0.2) is 22.5 Å². The molecule has 0 amide bonds. The molecule has 4 heterocycles. The van der Waals surface area contributed by atoms with Crippen LogP contribution in [0.3, 0.4) is 0 Å². The van der Waals surface area contributed by atoms with Crippen molar-refractivity contribution in [2.75, 3.05) is 0 Å². The Labute approximate surface area is 184 Å². The second kappa shape index (κ2) is 6.48. The van der Waals surface area contributed by atoms with Gasteiger partial charge >= 0.3 is 5.97 Å². The molecule has 0 saturated carbocycles. The number of hydrogen-bond acceptors (Lipinski definition) is 5. The molecule has 32 heavy (non-hydrogen) atoms. The number of pyridine rings is 2. The first-order valence-electron chi connectivity index (χ1n) is 11.1. The average Bonchev–Trinajstić information content (AvgIpc) is 3.12. The number of hydrogen-bond donors (Lipinski definition) is 1. The first kappa shape index (κ1) is 19.6. The van der Waals surface area contributed by atoms with Crippen LogP contribution >= 0.6 is 0 Å². The lowest BCUT2D eigenvalue weighted by Gasteiger charge is -2.31. The van der Waals surface area contributed by atoms with Crippen LogP contribution in [0.1, 0.15) is 66.6 Å². The van der Waals surface area contributed by atoms with E-state index < -0.39 is 17.7 Å². The summed E-state index contributed by atoms with van der Waals surface area (Å²) in [4.78, 5) is 30.6. The Morgan fingerprint density at radius 3 is 2.88 bits per heavy atom. The van der Waals surface area contributed by atoms with Gasteiger partial charge in [-0.05, 0) is 67.5 Å². The third kappa shape index (κ3) is 2.34. The quantitative estimate of drug-likeness (QED) is 0.594. The number of cyclic esters (lactones) is 1. The van der Waals surface area contributed by atoms with Gasteiger partial charge in [0.2, 0.25) is 0 Å². The zero-order chi connectivity index (χ0) is 22.4. The molecule has 6 rings (SSSR count). The summed E-state index contributed by atoms with van der Waals surface area (Å²) in [5.74, 6) is -0.734. The maximum Gasteiger partial charge on any atom is 0.343 e. The zero-order valence-corrected chi connectivity index (χ0v) is 18.0. The van der Waals surface area contributed by atoms with Gasteiger partial charge in [0.05, 0.1) is 29.2 Å².